The Morgan fingerprint density at radius 2 is 1.74 bits per heavy atom. The average molecular weight is 253 g/mol. The number of nitrogens with zero attached hydrogens (tertiary/aromatic N) is 1. The number of pyridine rings is 1. The predicted octanol–water partition coefficient (Wildman–Crippen LogP) is 3.80. The molecule has 0 saturated heterocycles. The Kier molecular flexibility index (Phi) is 3.79. The topological polar surface area (TPSA) is 30.0 Å². The van der Waals surface area contributed by atoms with Crippen LogP contribution in [0.15, 0.2) is 48.7 Å². The Morgan fingerprint density at radius 1 is 1.05 bits per heavy atom. The van der Waals surface area contributed by atoms with Crippen molar-refractivity contribution >= 4 is 5.78 Å². The third-order valence-electron chi connectivity index (χ3n) is 3.12. The largest absolute Gasteiger partial charge is 0.292 e. The minimum Gasteiger partial charge on any atom is -0.292 e. The number of benzene rings is 1. The third-order valence-corrected chi connectivity index (χ3v) is 3.12. The second-order valence-corrected chi connectivity index (χ2v) is 5.77. The number of hydrogen-bond acceptors (Lipinski definition) is 2. The normalized spacial score (nSPS) is 11.3. The predicted molar refractivity (Wildman–Crippen MR) is 77.4 cm³/mol. The second-order valence-electron chi connectivity index (χ2n) is 5.77. The molecule has 0 aliphatic carbocycles. The first-order valence-electron chi connectivity index (χ1n) is 6.50. The number of Topliss-reactive ketones (excluding diaryl/α,β-unsaturated/α-hetero) is 1. The van der Waals surface area contributed by atoms with Gasteiger partial charge in [0.05, 0.1) is 0 Å². The lowest BCUT2D eigenvalue weighted by Crippen LogP contribution is -2.13. The zero-order valence-corrected chi connectivity index (χ0v) is 11.7. The van der Waals surface area contributed by atoms with E-state index in [1.165, 1.54) is 0 Å². The van der Waals surface area contributed by atoms with Gasteiger partial charge in [0.25, 0.3) is 0 Å². The van der Waals surface area contributed by atoms with E-state index in [1.54, 1.807) is 6.20 Å². The molecule has 0 spiro atoms. The van der Waals surface area contributed by atoms with Gasteiger partial charge < -0.3 is 0 Å². The second kappa shape index (κ2) is 5.35. The maximum atomic E-state index is 12.1. The van der Waals surface area contributed by atoms with Gasteiger partial charge in [-0.3, -0.25) is 9.78 Å². The van der Waals surface area contributed by atoms with Crippen LogP contribution in [-0.4, -0.2) is 10.8 Å². The number of ketones is 1. The molecule has 2 heteroatoms. The molecule has 0 radical (unpaired) electrons. The molecule has 0 N–H and O–H groups in total. The van der Waals surface area contributed by atoms with Gasteiger partial charge in [0.1, 0.15) is 5.69 Å². The van der Waals surface area contributed by atoms with Gasteiger partial charge in [-0.1, -0.05) is 57.2 Å². The number of aromatic nitrogens is 1. The van der Waals surface area contributed by atoms with Crippen LogP contribution in [0.25, 0.3) is 0 Å². The van der Waals surface area contributed by atoms with Crippen LogP contribution in [0, 0.1) is 0 Å². The summed E-state index contributed by atoms with van der Waals surface area (Å²) in [5.41, 5.74) is 2.77. The van der Waals surface area contributed by atoms with Crippen LogP contribution >= 0.6 is 0 Å². The van der Waals surface area contributed by atoms with Crippen molar-refractivity contribution in [2.45, 2.75) is 32.6 Å². The van der Waals surface area contributed by atoms with Crippen LogP contribution in [0.3, 0.4) is 0 Å². The molecular weight excluding hydrogens is 234 g/mol. The molecular formula is C17H19NO. The van der Waals surface area contributed by atoms with E-state index in [1.807, 2.05) is 42.5 Å². The number of hydrogen-bond donors (Lipinski definition) is 0. The Hall–Kier alpha value is -1.96. The highest BCUT2D eigenvalue weighted by Crippen LogP contribution is 2.21. The van der Waals surface area contributed by atoms with Gasteiger partial charge in [-0.05, 0) is 22.6 Å². The van der Waals surface area contributed by atoms with Crippen LogP contribution in [0.1, 0.15) is 42.4 Å². The molecule has 0 fully saturated rings. The molecule has 0 atom stereocenters. The summed E-state index contributed by atoms with van der Waals surface area (Å²) in [4.78, 5) is 16.4. The molecule has 1 heterocycles. The Balaban J connectivity index is 2.12. The van der Waals surface area contributed by atoms with Crippen LogP contribution in [-0.2, 0) is 11.8 Å². The van der Waals surface area contributed by atoms with Crippen molar-refractivity contribution in [1.82, 2.24) is 4.98 Å². The molecule has 2 nitrogen and oxygen atoms in total. The summed E-state index contributed by atoms with van der Waals surface area (Å²) in [6, 6.07) is 13.6. The van der Waals surface area contributed by atoms with Crippen molar-refractivity contribution in [2.75, 3.05) is 0 Å². The van der Waals surface area contributed by atoms with E-state index in [4.69, 9.17) is 0 Å². The lowest BCUT2D eigenvalue weighted by molar-refractivity contribution is 0.0988. The van der Waals surface area contributed by atoms with Gasteiger partial charge in [-0.25, -0.2) is 0 Å². The van der Waals surface area contributed by atoms with Gasteiger partial charge in [0.15, 0.2) is 5.78 Å². The first-order valence-corrected chi connectivity index (χ1v) is 6.50. The highest BCUT2D eigenvalue weighted by atomic mass is 16.1. The van der Waals surface area contributed by atoms with E-state index in [2.05, 4.69) is 25.8 Å². The van der Waals surface area contributed by atoms with Crippen LogP contribution < -0.4 is 0 Å². The van der Waals surface area contributed by atoms with Gasteiger partial charge in [0.2, 0.25) is 0 Å². The van der Waals surface area contributed by atoms with Crippen LogP contribution in [0.5, 0.6) is 0 Å². The summed E-state index contributed by atoms with van der Waals surface area (Å²) in [5.74, 6) is 0.0617. The smallest absolute Gasteiger partial charge is 0.185 e. The summed E-state index contributed by atoms with van der Waals surface area (Å²) >= 11 is 0. The summed E-state index contributed by atoms with van der Waals surface area (Å²) in [5, 5.41) is 0. The minimum absolute atomic E-state index is 0.0617. The van der Waals surface area contributed by atoms with E-state index in [-0.39, 0.29) is 11.2 Å². The van der Waals surface area contributed by atoms with Crippen molar-refractivity contribution in [3.05, 3.63) is 65.5 Å². The fraction of sp³-hybridized carbons (Fsp3) is 0.294. The summed E-state index contributed by atoms with van der Waals surface area (Å²) in [6.07, 6.45) is 2.21. The zero-order chi connectivity index (χ0) is 13.9. The van der Waals surface area contributed by atoms with E-state index in [0.29, 0.717) is 12.1 Å². The Bertz CT molecular complexity index is 550. The van der Waals surface area contributed by atoms with E-state index in [9.17, 15) is 4.79 Å². The van der Waals surface area contributed by atoms with Crippen molar-refractivity contribution in [2.24, 2.45) is 0 Å². The van der Waals surface area contributed by atoms with E-state index >= 15 is 0 Å². The van der Waals surface area contributed by atoms with Crippen molar-refractivity contribution < 1.29 is 4.79 Å². The summed E-state index contributed by atoms with van der Waals surface area (Å²) < 4.78 is 0. The monoisotopic (exact) mass is 253 g/mol. The number of carbonyl (C=O) groups excluding carboxylic acids is 1. The number of rotatable bonds is 3. The van der Waals surface area contributed by atoms with Crippen LogP contribution in [0.2, 0.25) is 0 Å². The summed E-state index contributed by atoms with van der Waals surface area (Å²) in [7, 11) is 0. The molecule has 2 rings (SSSR count). The maximum absolute atomic E-state index is 12.1. The molecule has 98 valence electrons. The van der Waals surface area contributed by atoms with Crippen molar-refractivity contribution in [1.29, 1.82) is 0 Å². The van der Waals surface area contributed by atoms with Crippen molar-refractivity contribution in [3.63, 3.8) is 0 Å². The molecule has 0 amide bonds. The number of carbonyl (C=O) groups is 1. The first kappa shape index (κ1) is 13.5. The lowest BCUT2D eigenvalue weighted by Gasteiger charge is -2.18. The summed E-state index contributed by atoms with van der Waals surface area (Å²) in [6.45, 7) is 6.40. The SMILES string of the molecule is CC(C)(C)c1ccc(C(=O)Cc2ccccc2)nc1. The zero-order valence-electron chi connectivity index (χ0n) is 11.7. The highest BCUT2D eigenvalue weighted by Gasteiger charge is 2.15. The minimum atomic E-state index is 0.0617. The lowest BCUT2D eigenvalue weighted by atomic mass is 9.88. The van der Waals surface area contributed by atoms with Crippen molar-refractivity contribution in [3.8, 4) is 0 Å². The fourth-order valence-electron chi connectivity index (χ4n) is 1.87. The molecule has 1 aromatic heterocycles. The standard InChI is InChI=1S/C17H19NO/c1-17(2,3)14-9-10-15(18-12-14)16(19)11-13-7-5-4-6-8-13/h4-10,12H,11H2,1-3H3. The van der Waals surface area contributed by atoms with E-state index in [0.717, 1.165) is 11.1 Å². The molecule has 0 aliphatic heterocycles. The molecule has 0 unspecified atom stereocenters. The first-order chi connectivity index (χ1) is 8.97. The molecule has 0 bridgehead atoms. The highest BCUT2D eigenvalue weighted by molar-refractivity contribution is 5.95. The Labute approximate surface area is 114 Å². The average Bonchev–Trinajstić information content (AvgIpc) is 2.39. The molecule has 0 saturated carbocycles. The Morgan fingerprint density at radius 3 is 2.26 bits per heavy atom. The quantitative estimate of drug-likeness (QED) is 0.779. The fourth-order valence-corrected chi connectivity index (χ4v) is 1.87. The molecule has 1 aromatic carbocycles. The third kappa shape index (κ3) is 3.50. The molecule has 0 aliphatic rings. The van der Waals surface area contributed by atoms with Gasteiger partial charge in [-0.2, -0.15) is 0 Å². The molecule has 2 aromatic rings. The maximum Gasteiger partial charge on any atom is 0.185 e. The van der Waals surface area contributed by atoms with Gasteiger partial charge in [-0.15, -0.1) is 0 Å². The van der Waals surface area contributed by atoms with Crippen LogP contribution in [0.4, 0.5) is 0 Å². The molecule has 19 heavy (non-hydrogen) atoms. The van der Waals surface area contributed by atoms with E-state index < -0.39 is 0 Å². The van der Waals surface area contributed by atoms with Gasteiger partial charge in [0, 0.05) is 12.6 Å². The van der Waals surface area contributed by atoms with Gasteiger partial charge >= 0.3 is 0 Å².